The highest BCUT2D eigenvalue weighted by atomic mass is 16.6. The summed E-state index contributed by atoms with van der Waals surface area (Å²) in [4.78, 5) is 11.0. The van der Waals surface area contributed by atoms with Gasteiger partial charge in [0, 0.05) is 11.5 Å². The van der Waals surface area contributed by atoms with Crippen molar-refractivity contribution in [1.29, 1.82) is 0 Å². The van der Waals surface area contributed by atoms with Crippen molar-refractivity contribution in [2.45, 2.75) is 0 Å². The first kappa shape index (κ1) is 14.1. The van der Waals surface area contributed by atoms with Crippen molar-refractivity contribution in [3.8, 4) is 5.75 Å². The standard InChI is InChI=1S/C19H16O3/c1-2-19(20)22-11-10-21-18-9-5-8-16-12-14-6-3-4-7-15(14)13-17(16)18/h2-9,12-13H,1,10-11H2. The highest BCUT2D eigenvalue weighted by Crippen LogP contribution is 2.29. The van der Waals surface area contributed by atoms with Gasteiger partial charge in [0.25, 0.3) is 0 Å². The molecule has 0 atom stereocenters. The molecule has 110 valence electrons. The topological polar surface area (TPSA) is 35.5 Å². The summed E-state index contributed by atoms with van der Waals surface area (Å²) >= 11 is 0. The molecular weight excluding hydrogens is 276 g/mol. The third-order valence-electron chi connectivity index (χ3n) is 3.46. The van der Waals surface area contributed by atoms with Crippen LogP contribution < -0.4 is 4.74 Å². The minimum Gasteiger partial charge on any atom is -0.489 e. The van der Waals surface area contributed by atoms with E-state index >= 15 is 0 Å². The number of benzene rings is 3. The number of hydrogen-bond donors (Lipinski definition) is 0. The Labute approximate surface area is 128 Å². The van der Waals surface area contributed by atoms with E-state index in [-0.39, 0.29) is 6.61 Å². The molecule has 0 spiro atoms. The first-order chi connectivity index (χ1) is 10.8. The number of esters is 1. The fraction of sp³-hybridized carbons (Fsp3) is 0.105. The van der Waals surface area contributed by atoms with E-state index in [0.717, 1.165) is 22.6 Å². The normalized spacial score (nSPS) is 10.5. The Morgan fingerprint density at radius 2 is 1.68 bits per heavy atom. The van der Waals surface area contributed by atoms with Gasteiger partial charge in [-0.15, -0.1) is 0 Å². The maximum atomic E-state index is 11.0. The summed E-state index contributed by atoms with van der Waals surface area (Å²) in [5, 5.41) is 4.55. The van der Waals surface area contributed by atoms with Crippen molar-refractivity contribution in [3.63, 3.8) is 0 Å². The molecule has 0 heterocycles. The lowest BCUT2D eigenvalue weighted by Crippen LogP contribution is -2.10. The summed E-state index contributed by atoms with van der Waals surface area (Å²) in [7, 11) is 0. The lowest BCUT2D eigenvalue weighted by molar-refractivity contribution is -0.138. The van der Waals surface area contributed by atoms with Crippen molar-refractivity contribution >= 4 is 27.5 Å². The van der Waals surface area contributed by atoms with E-state index in [1.54, 1.807) is 0 Å². The molecular formula is C19H16O3. The SMILES string of the molecule is C=CC(=O)OCCOc1cccc2cc3ccccc3cc12. The van der Waals surface area contributed by atoms with E-state index in [1.807, 2.05) is 24.3 Å². The summed E-state index contributed by atoms with van der Waals surface area (Å²) in [6.07, 6.45) is 1.14. The van der Waals surface area contributed by atoms with Gasteiger partial charge in [-0.2, -0.15) is 0 Å². The molecule has 0 amide bonds. The van der Waals surface area contributed by atoms with E-state index in [1.165, 1.54) is 10.8 Å². The fourth-order valence-electron chi connectivity index (χ4n) is 2.42. The Morgan fingerprint density at radius 1 is 0.955 bits per heavy atom. The second kappa shape index (κ2) is 6.31. The first-order valence-corrected chi connectivity index (χ1v) is 7.11. The quantitative estimate of drug-likeness (QED) is 0.307. The van der Waals surface area contributed by atoms with Gasteiger partial charge in [0.2, 0.25) is 0 Å². The van der Waals surface area contributed by atoms with Crippen LogP contribution in [-0.2, 0) is 9.53 Å². The van der Waals surface area contributed by atoms with Crippen LogP contribution in [0.15, 0.2) is 67.3 Å². The Bertz CT molecular complexity index is 836. The Kier molecular flexibility index (Phi) is 4.05. The highest BCUT2D eigenvalue weighted by molar-refractivity contribution is 6.00. The second-order valence-corrected chi connectivity index (χ2v) is 4.90. The minimum atomic E-state index is -0.437. The van der Waals surface area contributed by atoms with Crippen molar-refractivity contribution < 1.29 is 14.3 Å². The molecule has 0 saturated carbocycles. The molecule has 22 heavy (non-hydrogen) atoms. The highest BCUT2D eigenvalue weighted by Gasteiger charge is 2.04. The average Bonchev–Trinajstić information content (AvgIpc) is 2.56. The van der Waals surface area contributed by atoms with Crippen LogP contribution in [0, 0.1) is 0 Å². The molecule has 3 nitrogen and oxygen atoms in total. The van der Waals surface area contributed by atoms with E-state index in [0.29, 0.717) is 6.61 Å². The fourth-order valence-corrected chi connectivity index (χ4v) is 2.42. The summed E-state index contributed by atoms with van der Waals surface area (Å²) in [6, 6.07) is 18.4. The van der Waals surface area contributed by atoms with Crippen molar-refractivity contribution in [2.75, 3.05) is 13.2 Å². The summed E-state index contributed by atoms with van der Waals surface area (Å²) < 4.78 is 10.7. The number of carbonyl (C=O) groups is 1. The van der Waals surface area contributed by atoms with Crippen molar-refractivity contribution in [1.82, 2.24) is 0 Å². The molecule has 0 saturated heterocycles. The summed E-state index contributed by atoms with van der Waals surface area (Å²) in [5.41, 5.74) is 0. The summed E-state index contributed by atoms with van der Waals surface area (Å²) in [5.74, 6) is 0.352. The van der Waals surface area contributed by atoms with Crippen LogP contribution in [-0.4, -0.2) is 19.2 Å². The summed E-state index contributed by atoms with van der Waals surface area (Å²) in [6.45, 7) is 3.87. The van der Waals surface area contributed by atoms with Crippen LogP contribution in [0.5, 0.6) is 5.75 Å². The maximum Gasteiger partial charge on any atom is 0.330 e. The molecule has 3 heteroatoms. The molecule has 0 N–H and O–H groups in total. The van der Waals surface area contributed by atoms with Crippen LogP contribution in [0.4, 0.5) is 0 Å². The van der Waals surface area contributed by atoms with Gasteiger partial charge in [0.15, 0.2) is 0 Å². The van der Waals surface area contributed by atoms with Gasteiger partial charge in [0.05, 0.1) is 0 Å². The van der Waals surface area contributed by atoms with Crippen LogP contribution >= 0.6 is 0 Å². The lowest BCUT2D eigenvalue weighted by atomic mass is 10.0. The molecule has 3 aromatic carbocycles. The molecule has 3 rings (SSSR count). The number of carbonyl (C=O) groups excluding carboxylic acids is 1. The van der Waals surface area contributed by atoms with Gasteiger partial charge in [-0.05, 0) is 34.4 Å². The molecule has 0 bridgehead atoms. The monoisotopic (exact) mass is 292 g/mol. The van der Waals surface area contributed by atoms with Crippen LogP contribution in [0.25, 0.3) is 21.5 Å². The molecule has 0 aromatic heterocycles. The van der Waals surface area contributed by atoms with Gasteiger partial charge in [-0.3, -0.25) is 0 Å². The molecule has 0 aliphatic heterocycles. The van der Waals surface area contributed by atoms with Gasteiger partial charge >= 0.3 is 5.97 Å². The zero-order valence-corrected chi connectivity index (χ0v) is 12.1. The number of hydrogen-bond acceptors (Lipinski definition) is 3. The average molecular weight is 292 g/mol. The van der Waals surface area contributed by atoms with E-state index in [4.69, 9.17) is 9.47 Å². The van der Waals surface area contributed by atoms with Gasteiger partial charge in [0.1, 0.15) is 19.0 Å². The van der Waals surface area contributed by atoms with Gasteiger partial charge in [-0.1, -0.05) is 43.0 Å². The number of rotatable bonds is 5. The Hall–Kier alpha value is -2.81. The largest absolute Gasteiger partial charge is 0.489 e. The van der Waals surface area contributed by atoms with E-state index in [2.05, 4.69) is 36.9 Å². The minimum absolute atomic E-state index is 0.203. The zero-order chi connectivity index (χ0) is 15.4. The predicted molar refractivity (Wildman–Crippen MR) is 88.1 cm³/mol. The Morgan fingerprint density at radius 3 is 2.45 bits per heavy atom. The maximum absolute atomic E-state index is 11.0. The number of ether oxygens (including phenoxy) is 2. The molecule has 0 aliphatic carbocycles. The lowest BCUT2D eigenvalue weighted by Gasteiger charge is -2.10. The van der Waals surface area contributed by atoms with Crippen LogP contribution in [0.2, 0.25) is 0 Å². The molecule has 0 fully saturated rings. The van der Waals surface area contributed by atoms with Crippen LogP contribution in [0.1, 0.15) is 0 Å². The van der Waals surface area contributed by atoms with Crippen LogP contribution in [0.3, 0.4) is 0 Å². The van der Waals surface area contributed by atoms with Gasteiger partial charge in [-0.25, -0.2) is 4.79 Å². The third kappa shape index (κ3) is 2.93. The van der Waals surface area contributed by atoms with Crippen molar-refractivity contribution in [2.24, 2.45) is 0 Å². The third-order valence-corrected chi connectivity index (χ3v) is 3.46. The smallest absolute Gasteiger partial charge is 0.330 e. The first-order valence-electron chi connectivity index (χ1n) is 7.11. The molecule has 0 aliphatic rings. The molecule has 0 unspecified atom stereocenters. The Balaban J connectivity index is 1.84. The van der Waals surface area contributed by atoms with E-state index < -0.39 is 5.97 Å². The van der Waals surface area contributed by atoms with Gasteiger partial charge < -0.3 is 9.47 Å². The predicted octanol–water partition coefficient (Wildman–Crippen LogP) is 4.10. The van der Waals surface area contributed by atoms with E-state index in [9.17, 15) is 4.79 Å². The molecule has 0 radical (unpaired) electrons. The van der Waals surface area contributed by atoms with Crippen molar-refractivity contribution in [3.05, 3.63) is 67.3 Å². The zero-order valence-electron chi connectivity index (χ0n) is 12.1. The molecule has 3 aromatic rings. The second-order valence-electron chi connectivity index (χ2n) is 4.90. The number of fused-ring (bicyclic) bond motifs is 2.